The Balaban J connectivity index is 2.59. The number of carboxylic acid groups (broad SMARTS) is 1. The summed E-state index contributed by atoms with van der Waals surface area (Å²) in [5, 5.41) is 9.27. The number of carboxylic acids is 1. The fourth-order valence-electron chi connectivity index (χ4n) is 2.14. The van der Waals surface area contributed by atoms with Crippen LogP contribution in [0.5, 0.6) is 5.75 Å². The summed E-state index contributed by atoms with van der Waals surface area (Å²) in [4.78, 5) is 11.3. The predicted molar refractivity (Wildman–Crippen MR) is 61.0 cm³/mol. The van der Waals surface area contributed by atoms with Crippen molar-refractivity contribution in [1.29, 1.82) is 0 Å². The quantitative estimate of drug-likeness (QED) is 0.833. The van der Waals surface area contributed by atoms with Crippen molar-refractivity contribution in [3.8, 4) is 5.75 Å². The van der Waals surface area contributed by atoms with E-state index >= 15 is 0 Å². The van der Waals surface area contributed by atoms with Crippen LogP contribution in [0.15, 0.2) is 18.2 Å². The van der Waals surface area contributed by atoms with Gasteiger partial charge in [-0.05, 0) is 25.5 Å². The molecule has 1 aliphatic rings. The second kappa shape index (κ2) is 3.51. The van der Waals surface area contributed by atoms with E-state index in [2.05, 4.69) is 6.92 Å². The molecule has 1 unspecified atom stereocenters. The van der Waals surface area contributed by atoms with Crippen molar-refractivity contribution in [3.63, 3.8) is 0 Å². The van der Waals surface area contributed by atoms with Crippen molar-refractivity contribution in [2.75, 3.05) is 6.61 Å². The van der Waals surface area contributed by atoms with Crippen molar-refractivity contribution in [3.05, 3.63) is 29.3 Å². The van der Waals surface area contributed by atoms with Gasteiger partial charge in [-0.25, -0.2) is 0 Å². The Bertz CT molecular complexity index is 435. The zero-order chi connectivity index (χ0) is 11.9. The Kier molecular flexibility index (Phi) is 2.41. The summed E-state index contributed by atoms with van der Waals surface area (Å²) in [7, 11) is 0. The van der Waals surface area contributed by atoms with E-state index in [1.807, 2.05) is 18.2 Å². The van der Waals surface area contributed by atoms with Gasteiger partial charge in [-0.3, -0.25) is 4.79 Å². The van der Waals surface area contributed by atoms with Gasteiger partial charge in [0.2, 0.25) is 0 Å². The van der Waals surface area contributed by atoms with Crippen molar-refractivity contribution >= 4 is 5.97 Å². The Morgan fingerprint density at radius 1 is 1.50 bits per heavy atom. The maximum Gasteiger partial charge on any atom is 0.313 e. The highest BCUT2D eigenvalue weighted by molar-refractivity contribution is 5.81. The average Bonchev–Trinajstić information content (AvgIpc) is 2.60. The van der Waals surface area contributed by atoms with Gasteiger partial charge in [0.25, 0.3) is 0 Å². The molecule has 3 heteroatoms. The molecule has 2 rings (SSSR count). The van der Waals surface area contributed by atoms with Crippen LogP contribution in [0.4, 0.5) is 0 Å². The minimum absolute atomic E-state index is 0.268. The summed E-state index contributed by atoms with van der Waals surface area (Å²) in [5.41, 5.74) is 1.05. The van der Waals surface area contributed by atoms with Crippen LogP contribution in [0.3, 0.4) is 0 Å². The average molecular weight is 220 g/mol. The number of hydrogen-bond acceptors (Lipinski definition) is 2. The molecule has 0 saturated carbocycles. The Morgan fingerprint density at radius 3 is 2.81 bits per heavy atom. The van der Waals surface area contributed by atoms with E-state index in [0.29, 0.717) is 6.61 Å². The van der Waals surface area contributed by atoms with E-state index in [0.717, 1.165) is 16.9 Å². The first-order valence-electron chi connectivity index (χ1n) is 5.44. The first kappa shape index (κ1) is 11.0. The molecule has 0 aliphatic carbocycles. The molecule has 3 nitrogen and oxygen atoms in total. The molecular formula is C13H16O3. The summed E-state index contributed by atoms with van der Waals surface area (Å²) < 4.78 is 5.53. The molecule has 1 atom stereocenters. The van der Waals surface area contributed by atoms with E-state index in [-0.39, 0.29) is 5.92 Å². The molecule has 0 spiro atoms. The van der Waals surface area contributed by atoms with Crippen LogP contribution in [0.1, 0.15) is 37.8 Å². The molecule has 86 valence electrons. The molecule has 1 aliphatic heterocycles. The molecular weight excluding hydrogens is 204 g/mol. The van der Waals surface area contributed by atoms with Gasteiger partial charge in [0.1, 0.15) is 5.75 Å². The van der Waals surface area contributed by atoms with Gasteiger partial charge in [0.15, 0.2) is 0 Å². The Hall–Kier alpha value is -1.51. The first-order valence-corrected chi connectivity index (χ1v) is 5.44. The highest BCUT2D eigenvalue weighted by Crippen LogP contribution is 2.41. The van der Waals surface area contributed by atoms with Crippen LogP contribution in [0.2, 0.25) is 0 Å². The van der Waals surface area contributed by atoms with Gasteiger partial charge in [-0.1, -0.05) is 19.1 Å². The van der Waals surface area contributed by atoms with E-state index in [4.69, 9.17) is 4.74 Å². The van der Waals surface area contributed by atoms with Crippen LogP contribution in [0, 0.1) is 0 Å². The van der Waals surface area contributed by atoms with Crippen molar-refractivity contribution in [2.45, 2.75) is 32.1 Å². The molecule has 0 bridgehead atoms. The van der Waals surface area contributed by atoms with Gasteiger partial charge in [-0.2, -0.15) is 0 Å². The Labute approximate surface area is 95.0 Å². The zero-order valence-electron chi connectivity index (χ0n) is 9.78. The molecule has 0 amide bonds. The van der Waals surface area contributed by atoms with Gasteiger partial charge in [-0.15, -0.1) is 0 Å². The summed E-state index contributed by atoms with van der Waals surface area (Å²) in [6, 6.07) is 5.65. The summed E-state index contributed by atoms with van der Waals surface area (Å²) >= 11 is 0. The maximum atomic E-state index is 11.3. The summed E-state index contributed by atoms with van der Waals surface area (Å²) in [6.07, 6.45) is 0. The number of hydrogen-bond donors (Lipinski definition) is 1. The standard InChI is InChI=1S/C13H16O3/c1-8-7-16-10-6-4-5-9(11(8)10)13(2,3)12(14)15/h4-6,8H,7H2,1-3H3,(H,14,15). The fourth-order valence-corrected chi connectivity index (χ4v) is 2.14. The van der Waals surface area contributed by atoms with E-state index in [1.54, 1.807) is 13.8 Å². The molecule has 0 aromatic heterocycles. The Morgan fingerprint density at radius 2 is 2.19 bits per heavy atom. The second-order valence-electron chi connectivity index (χ2n) is 4.86. The third-order valence-electron chi connectivity index (χ3n) is 3.26. The number of rotatable bonds is 2. The van der Waals surface area contributed by atoms with Gasteiger partial charge < -0.3 is 9.84 Å². The van der Waals surface area contributed by atoms with Gasteiger partial charge in [0.05, 0.1) is 12.0 Å². The number of aliphatic carboxylic acids is 1. The number of ether oxygens (including phenoxy) is 1. The number of carbonyl (C=O) groups is 1. The van der Waals surface area contributed by atoms with Crippen molar-refractivity contribution < 1.29 is 14.6 Å². The minimum Gasteiger partial charge on any atom is -0.493 e. The maximum absolute atomic E-state index is 11.3. The highest BCUT2D eigenvalue weighted by atomic mass is 16.5. The number of fused-ring (bicyclic) bond motifs is 1. The lowest BCUT2D eigenvalue weighted by atomic mass is 9.79. The largest absolute Gasteiger partial charge is 0.493 e. The predicted octanol–water partition coefficient (Wildman–Crippen LogP) is 2.54. The fraction of sp³-hybridized carbons (Fsp3) is 0.462. The van der Waals surface area contributed by atoms with Crippen LogP contribution in [0.25, 0.3) is 0 Å². The lowest BCUT2D eigenvalue weighted by Gasteiger charge is -2.23. The van der Waals surface area contributed by atoms with Crippen molar-refractivity contribution in [2.24, 2.45) is 0 Å². The zero-order valence-corrected chi connectivity index (χ0v) is 9.78. The summed E-state index contributed by atoms with van der Waals surface area (Å²) in [6.45, 7) is 6.17. The molecule has 1 heterocycles. The first-order chi connectivity index (χ1) is 7.44. The van der Waals surface area contributed by atoms with Crippen LogP contribution >= 0.6 is 0 Å². The smallest absolute Gasteiger partial charge is 0.313 e. The third-order valence-corrected chi connectivity index (χ3v) is 3.26. The van der Waals surface area contributed by atoms with E-state index in [1.165, 1.54) is 0 Å². The molecule has 16 heavy (non-hydrogen) atoms. The number of benzene rings is 1. The minimum atomic E-state index is -0.868. The molecule has 1 aromatic carbocycles. The normalized spacial score (nSPS) is 19.1. The topological polar surface area (TPSA) is 46.5 Å². The molecule has 1 aromatic rings. The molecule has 0 fully saturated rings. The molecule has 0 saturated heterocycles. The van der Waals surface area contributed by atoms with Crippen LogP contribution in [-0.4, -0.2) is 17.7 Å². The van der Waals surface area contributed by atoms with Gasteiger partial charge in [0, 0.05) is 11.5 Å². The van der Waals surface area contributed by atoms with Crippen LogP contribution < -0.4 is 4.74 Å². The van der Waals surface area contributed by atoms with Crippen molar-refractivity contribution in [1.82, 2.24) is 0 Å². The monoisotopic (exact) mass is 220 g/mol. The summed E-state index contributed by atoms with van der Waals surface area (Å²) in [5.74, 6) is 0.296. The lowest BCUT2D eigenvalue weighted by molar-refractivity contribution is -0.142. The third kappa shape index (κ3) is 1.47. The van der Waals surface area contributed by atoms with Gasteiger partial charge >= 0.3 is 5.97 Å². The van der Waals surface area contributed by atoms with E-state index in [9.17, 15) is 9.90 Å². The van der Waals surface area contributed by atoms with Crippen LogP contribution in [-0.2, 0) is 10.2 Å². The highest BCUT2D eigenvalue weighted by Gasteiger charge is 2.35. The SMILES string of the molecule is CC1COc2cccc(C(C)(C)C(=O)O)c21. The molecule has 1 N–H and O–H groups in total. The van der Waals surface area contributed by atoms with E-state index < -0.39 is 11.4 Å². The molecule has 0 radical (unpaired) electrons. The second-order valence-corrected chi connectivity index (χ2v) is 4.86. The lowest BCUT2D eigenvalue weighted by Crippen LogP contribution is -2.29.